The van der Waals surface area contributed by atoms with Crippen LogP contribution in [0.3, 0.4) is 0 Å². The van der Waals surface area contributed by atoms with E-state index in [-0.39, 0.29) is 18.0 Å². The number of hydrogen-bond acceptors (Lipinski definition) is 5. The Morgan fingerprint density at radius 2 is 1.97 bits per heavy atom. The van der Waals surface area contributed by atoms with Crippen molar-refractivity contribution in [3.63, 3.8) is 0 Å². The number of carbonyl (C=O) groups is 3. The van der Waals surface area contributed by atoms with Gasteiger partial charge in [-0.3, -0.25) is 24.0 Å². The Balaban J connectivity index is 1.61. The van der Waals surface area contributed by atoms with Crippen LogP contribution in [0.4, 0.5) is 4.79 Å². The minimum absolute atomic E-state index is 0.200. The number of ether oxygens (including phenoxy) is 1. The minimum atomic E-state index is -0.716. The lowest BCUT2D eigenvalue weighted by atomic mass is 10.1. The number of unbranched alkanes of at least 4 members (excludes halogenated alkanes) is 3. The molecule has 0 bridgehead atoms. The summed E-state index contributed by atoms with van der Waals surface area (Å²) in [5.74, 6) is 5.55. The molecular formula is C25H32N4O5. The zero-order valence-electron chi connectivity index (χ0n) is 20.2. The predicted molar refractivity (Wildman–Crippen MR) is 128 cm³/mol. The average molecular weight is 469 g/mol. The molecule has 34 heavy (non-hydrogen) atoms. The Kier molecular flexibility index (Phi) is 7.82. The minimum Gasteiger partial charge on any atom is -0.444 e. The van der Waals surface area contributed by atoms with Gasteiger partial charge in [0.1, 0.15) is 11.6 Å². The van der Waals surface area contributed by atoms with Gasteiger partial charge in [-0.05, 0) is 52.2 Å². The van der Waals surface area contributed by atoms with Gasteiger partial charge >= 0.3 is 11.8 Å². The lowest BCUT2D eigenvalue weighted by Gasteiger charge is -2.21. The molecule has 0 aliphatic carbocycles. The van der Waals surface area contributed by atoms with E-state index < -0.39 is 23.6 Å². The van der Waals surface area contributed by atoms with E-state index in [2.05, 4.69) is 22.5 Å². The van der Waals surface area contributed by atoms with E-state index >= 15 is 0 Å². The second kappa shape index (κ2) is 10.6. The predicted octanol–water partition coefficient (Wildman–Crippen LogP) is 2.75. The van der Waals surface area contributed by atoms with E-state index in [1.165, 1.54) is 9.13 Å². The zero-order valence-corrected chi connectivity index (χ0v) is 20.2. The maximum absolute atomic E-state index is 12.9. The summed E-state index contributed by atoms with van der Waals surface area (Å²) >= 11 is 0. The number of piperidine rings is 1. The van der Waals surface area contributed by atoms with E-state index in [1.54, 1.807) is 13.1 Å². The van der Waals surface area contributed by atoms with Crippen LogP contribution in [0.15, 0.2) is 23.0 Å². The fraction of sp³-hybridized carbons (Fsp3) is 0.520. The SMILES string of the molecule is Cn1c(=O)n(C2CCC(=O)NC2=O)c2cccc(C#CCCCCCNC(=O)OC(C)(C)C)c21. The molecule has 9 nitrogen and oxygen atoms in total. The number of imide groups is 1. The van der Waals surface area contributed by atoms with Crippen LogP contribution >= 0.6 is 0 Å². The first-order valence-corrected chi connectivity index (χ1v) is 11.6. The molecule has 0 saturated carbocycles. The van der Waals surface area contributed by atoms with Crippen LogP contribution in [0.2, 0.25) is 0 Å². The quantitative estimate of drug-likeness (QED) is 0.385. The molecule has 1 aliphatic rings. The molecular weight excluding hydrogens is 436 g/mol. The Bertz CT molecular complexity index is 1210. The highest BCUT2D eigenvalue weighted by molar-refractivity contribution is 6.00. The molecule has 1 unspecified atom stereocenters. The van der Waals surface area contributed by atoms with Crippen molar-refractivity contribution >= 4 is 28.9 Å². The Morgan fingerprint density at radius 3 is 2.68 bits per heavy atom. The topological polar surface area (TPSA) is 111 Å². The number of alkyl carbamates (subject to hydrolysis) is 1. The molecule has 2 aromatic rings. The molecule has 3 rings (SSSR count). The lowest BCUT2D eigenvalue weighted by molar-refractivity contribution is -0.135. The number of aromatic nitrogens is 2. The fourth-order valence-electron chi connectivity index (χ4n) is 3.95. The molecule has 3 amide bonds. The van der Waals surface area contributed by atoms with Gasteiger partial charge in [-0.25, -0.2) is 9.59 Å². The van der Waals surface area contributed by atoms with Gasteiger partial charge in [0.2, 0.25) is 11.8 Å². The second-order valence-electron chi connectivity index (χ2n) is 9.39. The summed E-state index contributed by atoms with van der Waals surface area (Å²) in [4.78, 5) is 48.4. The standard InChI is InChI=1S/C25H32N4O5/c1-25(2,3)34-23(32)26-16-9-7-5-6-8-11-17-12-10-13-18-21(17)28(4)24(33)29(18)19-14-15-20(30)27-22(19)31/h10,12-13,19H,5-7,9,14-16H2,1-4H3,(H,26,32)(H,27,30,31). The van der Waals surface area contributed by atoms with E-state index in [9.17, 15) is 19.2 Å². The van der Waals surface area contributed by atoms with Crippen molar-refractivity contribution in [2.24, 2.45) is 7.05 Å². The van der Waals surface area contributed by atoms with Crippen molar-refractivity contribution in [2.45, 2.75) is 70.9 Å². The van der Waals surface area contributed by atoms with E-state index in [4.69, 9.17) is 4.74 Å². The summed E-state index contributed by atoms with van der Waals surface area (Å²) in [6.45, 7) is 6.03. The van der Waals surface area contributed by atoms with Crippen molar-refractivity contribution < 1.29 is 19.1 Å². The fourth-order valence-corrected chi connectivity index (χ4v) is 3.95. The van der Waals surface area contributed by atoms with E-state index in [0.717, 1.165) is 24.8 Å². The van der Waals surface area contributed by atoms with Gasteiger partial charge in [-0.1, -0.05) is 24.3 Å². The number of para-hydroxylation sites is 1. The molecule has 1 aromatic heterocycles. The number of fused-ring (bicyclic) bond motifs is 1. The third-order valence-electron chi connectivity index (χ3n) is 5.49. The molecule has 1 aromatic carbocycles. The average Bonchev–Trinajstić information content (AvgIpc) is 3.00. The van der Waals surface area contributed by atoms with Crippen molar-refractivity contribution in [1.82, 2.24) is 19.8 Å². The summed E-state index contributed by atoms with van der Waals surface area (Å²) in [6.07, 6.45) is 3.41. The molecule has 1 saturated heterocycles. The van der Waals surface area contributed by atoms with Gasteiger partial charge in [0, 0.05) is 26.4 Å². The van der Waals surface area contributed by atoms with E-state index in [1.807, 2.05) is 32.9 Å². The number of nitrogens with zero attached hydrogens (tertiary/aromatic N) is 2. The third kappa shape index (κ3) is 6.07. The maximum Gasteiger partial charge on any atom is 0.407 e. The molecule has 1 fully saturated rings. The van der Waals surface area contributed by atoms with Crippen molar-refractivity contribution in [3.8, 4) is 11.8 Å². The van der Waals surface area contributed by atoms with Gasteiger partial charge < -0.3 is 10.1 Å². The van der Waals surface area contributed by atoms with Crippen molar-refractivity contribution in [2.75, 3.05) is 6.54 Å². The number of rotatable bonds is 6. The first kappa shape index (κ1) is 25.1. The summed E-state index contributed by atoms with van der Waals surface area (Å²) in [5, 5.41) is 5.06. The molecule has 2 heterocycles. The Labute approximate surface area is 198 Å². The number of nitrogens with one attached hydrogen (secondary N) is 2. The van der Waals surface area contributed by atoms with Crippen LogP contribution in [-0.2, 0) is 21.4 Å². The number of benzene rings is 1. The number of carbonyl (C=O) groups excluding carboxylic acids is 3. The highest BCUT2D eigenvalue weighted by Gasteiger charge is 2.31. The van der Waals surface area contributed by atoms with Crippen LogP contribution in [0.5, 0.6) is 0 Å². The molecule has 1 atom stereocenters. The first-order chi connectivity index (χ1) is 16.1. The normalized spacial score (nSPS) is 16.1. The number of imidazole rings is 1. The van der Waals surface area contributed by atoms with Gasteiger partial charge in [0.25, 0.3) is 0 Å². The van der Waals surface area contributed by atoms with Crippen LogP contribution in [-0.4, -0.2) is 39.2 Å². The lowest BCUT2D eigenvalue weighted by Crippen LogP contribution is -2.44. The zero-order chi connectivity index (χ0) is 24.9. The molecule has 0 radical (unpaired) electrons. The summed E-state index contributed by atoms with van der Waals surface area (Å²) in [7, 11) is 1.66. The van der Waals surface area contributed by atoms with Gasteiger partial charge in [0.15, 0.2) is 0 Å². The van der Waals surface area contributed by atoms with Crippen LogP contribution < -0.4 is 16.3 Å². The van der Waals surface area contributed by atoms with Gasteiger partial charge in [0.05, 0.1) is 16.6 Å². The highest BCUT2D eigenvalue weighted by Crippen LogP contribution is 2.24. The van der Waals surface area contributed by atoms with Crippen LogP contribution in [0, 0.1) is 11.8 Å². The molecule has 0 spiro atoms. The maximum atomic E-state index is 12.9. The van der Waals surface area contributed by atoms with E-state index in [0.29, 0.717) is 30.4 Å². The smallest absolute Gasteiger partial charge is 0.407 e. The number of aryl methyl sites for hydroxylation is 1. The highest BCUT2D eigenvalue weighted by atomic mass is 16.6. The molecule has 9 heteroatoms. The van der Waals surface area contributed by atoms with Gasteiger partial charge in [-0.2, -0.15) is 0 Å². The van der Waals surface area contributed by atoms with Crippen LogP contribution in [0.1, 0.15) is 70.9 Å². The number of amides is 3. The Hall–Kier alpha value is -3.54. The van der Waals surface area contributed by atoms with Crippen molar-refractivity contribution in [1.29, 1.82) is 0 Å². The summed E-state index contributed by atoms with van der Waals surface area (Å²) in [6, 6.07) is 4.75. The first-order valence-electron chi connectivity index (χ1n) is 11.6. The summed E-state index contributed by atoms with van der Waals surface area (Å²) < 4.78 is 8.16. The monoisotopic (exact) mass is 468 g/mol. The second-order valence-corrected chi connectivity index (χ2v) is 9.39. The molecule has 2 N–H and O–H groups in total. The largest absolute Gasteiger partial charge is 0.444 e. The summed E-state index contributed by atoms with van der Waals surface area (Å²) in [5.41, 5.74) is 1.20. The molecule has 182 valence electrons. The van der Waals surface area contributed by atoms with Crippen molar-refractivity contribution in [3.05, 3.63) is 34.2 Å². The van der Waals surface area contributed by atoms with Crippen LogP contribution in [0.25, 0.3) is 11.0 Å². The third-order valence-corrected chi connectivity index (χ3v) is 5.49. The number of hydrogen-bond donors (Lipinski definition) is 2. The van der Waals surface area contributed by atoms with Gasteiger partial charge in [-0.15, -0.1) is 0 Å². The molecule has 1 aliphatic heterocycles. The Morgan fingerprint density at radius 1 is 1.21 bits per heavy atom.